The molecule has 0 saturated carbocycles. The van der Waals surface area contributed by atoms with Crippen LogP contribution in [0, 0.1) is 6.92 Å². The van der Waals surface area contributed by atoms with E-state index in [1.807, 2.05) is 0 Å². The zero-order chi connectivity index (χ0) is 18.5. The lowest BCUT2D eigenvalue weighted by Crippen LogP contribution is -2.19. The van der Waals surface area contributed by atoms with Crippen molar-refractivity contribution in [2.45, 2.75) is 6.92 Å². The van der Waals surface area contributed by atoms with Gasteiger partial charge in [-0.2, -0.15) is 4.98 Å². The van der Waals surface area contributed by atoms with Crippen molar-refractivity contribution in [3.63, 3.8) is 0 Å². The van der Waals surface area contributed by atoms with Gasteiger partial charge in [0.25, 0.3) is 0 Å². The highest BCUT2D eigenvalue weighted by Crippen LogP contribution is 2.29. The van der Waals surface area contributed by atoms with E-state index in [4.69, 9.17) is 14.0 Å². The van der Waals surface area contributed by atoms with Gasteiger partial charge in [0.2, 0.25) is 11.7 Å². The quantitative estimate of drug-likeness (QED) is 0.725. The Bertz CT molecular complexity index is 906. The van der Waals surface area contributed by atoms with E-state index in [9.17, 15) is 4.79 Å². The van der Waals surface area contributed by atoms with E-state index in [1.165, 1.54) is 7.11 Å². The number of rotatable bonds is 5. The van der Waals surface area contributed by atoms with E-state index >= 15 is 0 Å². The summed E-state index contributed by atoms with van der Waals surface area (Å²) in [5.41, 5.74) is 1.92. The number of aromatic nitrogens is 2. The molecule has 8 nitrogen and oxygen atoms in total. The molecule has 2 amide bonds. The first kappa shape index (κ1) is 17.3. The molecule has 134 valence electrons. The molecule has 0 fully saturated rings. The maximum Gasteiger partial charge on any atom is 0.323 e. The van der Waals surface area contributed by atoms with Crippen LogP contribution >= 0.6 is 0 Å². The van der Waals surface area contributed by atoms with Crippen molar-refractivity contribution in [3.05, 3.63) is 48.4 Å². The number of nitrogens with zero attached hydrogens (tertiary/aromatic N) is 2. The second kappa shape index (κ2) is 7.56. The minimum absolute atomic E-state index is 0.403. The van der Waals surface area contributed by atoms with Crippen molar-refractivity contribution in [1.82, 2.24) is 10.1 Å². The molecule has 2 aromatic carbocycles. The predicted molar refractivity (Wildman–Crippen MR) is 96.7 cm³/mol. The van der Waals surface area contributed by atoms with E-state index in [2.05, 4.69) is 20.8 Å². The fraction of sp³-hybridized carbons (Fsp3) is 0.167. The smallest absolute Gasteiger partial charge is 0.323 e. The fourth-order valence-corrected chi connectivity index (χ4v) is 2.32. The second-order valence-electron chi connectivity index (χ2n) is 5.36. The normalized spacial score (nSPS) is 10.3. The maximum atomic E-state index is 12.2. The van der Waals surface area contributed by atoms with E-state index in [-0.39, 0.29) is 0 Å². The van der Waals surface area contributed by atoms with Crippen molar-refractivity contribution >= 4 is 17.4 Å². The molecule has 1 aromatic heterocycles. The highest BCUT2D eigenvalue weighted by Gasteiger charge is 2.10. The molecule has 2 N–H and O–H groups in total. The summed E-state index contributed by atoms with van der Waals surface area (Å²) in [7, 11) is 3.09. The minimum Gasteiger partial charge on any atom is -0.497 e. The molecule has 0 unspecified atom stereocenters. The van der Waals surface area contributed by atoms with E-state index in [0.29, 0.717) is 34.6 Å². The molecule has 26 heavy (non-hydrogen) atoms. The third-order valence-corrected chi connectivity index (χ3v) is 3.58. The first-order chi connectivity index (χ1) is 12.6. The molecule has 0 aliphatic carbocycles. The van der Waals surface area contributed by atoms with Crippen LogP contribution < -0.4 is 20.1 Å². The van der Waals surface area contributed by atoms with Gasteiger partial charge in [-0.3, -0.25) is 0 Å². The van der Waals surface area contributed by atoms with Crippen LogP contribution in [0.2, 0.25) is 0 Å². The Kier molecular flexibility index (Phi) is 5.02. The van der Waals surface area contributed by atoms with Gasteiger partial charge in [-0.15, -0.1) is 0 Å². The number of benzene rings is 2. The monoisotopic (exact) mass is 354 g/mol. The molecule has 1 heterocycles. The van der Waals surface area contributed by atoms with Crippen molar-refractivity contribution in [3.8, 4) is 22.9 Å². The molecule has 0 atom stereocenters. The number of nitrogens with one attached hydrogen (secondary N) is 2. The van der Waals surface area contributed by atoms with Crippen LogP contribution in [0.4, 0.5) is 16.2 Å². The predicted octanol–water partition coefficient (Wildman–Crippen LogP) is 3.71. The van der Waals surface area contributed by atoms with Crippen LogP contribution in [0.5, 0.6) is 11.5 Å². The van der Waals surface area contributed by atoms with Crippen molar-refractivity contribution in [2.75, 3.05) is 24.9 Å². The van der Waals surface area contributed by atoms with Gasteiger partial charge in [-0.1, -0.05) is 5.16 Å². The Morgan fingerprint density at radius 3 is 2.42 bits per heavy atom. The summed E-state index contributed by atoms with van der Waals surface area (Å²) in [4.78, 5) is 16.4. The van der Waals surface area contributed by atoms with Crippen molar-refractivity contribution in [2.24, 2.45) is 0 Å². The van der Waals surface area contributed by atoms with Gasteiger partial charge in [-0.25, -0.2) is 4.79 Å². The SMILES string of the molecule is COc1ccc(OC)c(NC(=O)Nc2ccc(-c3noc(C)n3)cc2)c1. The Morgan fingerprint density at radius 2 is 1.81 bits per heavy atom. The standard InChI is InChI=1S/C18H18N4O4/c1-11-19-17(22-26-11)12-4-6-13(7-5-12)20-18(23)21-15-10-14(24-2)8-9-16(15)25-3/h4-10H,1-3H3,(H2,20,21,23). The largest absolute Gasteiger partial charge is 0.497 e. The van der Waals surface area contributed by atoms with Crippen molar-refractivity contribution in [1.29, 1.82) is 0 Å². The van der Waals surface area contributed by atoms with Gasteiger partial charge in [0.15, 0.2) is 0 Å². The molecular formula is C18H18N4O4. The Hall–Kier alpha value is -3.55. The van der Waals surface area contributed by atoms with E-state index in [0.717, 1.165) is 5.56 Å². The number of hydrogen-bond donors (Lipinski definition) is 2. The summed E-state index contributed by atoms with van der Waals surface area (Å²) in [5.74, 6) is 2.14. The van der Waals surface area contributed by atoms with Crippen molar-refractivity contribution < 1.29 is 18.8 Å². The molecule has 0 radical (unpaired) electrons. The number of amides is 2. The second-order valence-corrected chi connectivity index (χ2v) is 5.36. The zero-order valence-corrected chi connectivity index (χ0v) is 14.6. The highest BCUT2D eigenvalue weighted by atomic mass is 16.5. The van der Waals surface area contributed by atoms with Crippen LogP contribution in [0.25, 0.3) is 11.4 Å². The fourth-order valence-electron chi connectivity index (χ4n) is 2.32. The number of carbonyl (C=O) groups excluding carboxylic acids is 1. The van der Waals surface area contributed by atoms with Crippen LogP contribution in [-0.4, -0.2) is 30.4 Å². The first-order valence-electron chi connectivity index (χ1n) is 7.80. The molecular weight excluding hydrogens is 336 g/mol. The zero-order valence-electron chi connectivity index (χ0n) is 14.6. The molecule has 0 aliphatic heterocycles. The summed E-state index contributed by atoms with van der Waals surface area (Å²) in [5, 5.41) is 9.35. The number of aryl methyl sites for hydroxylation is 1. The van der Waals surface area contributed by atoms with Gasteiger partial charge >= 0.3 is 6.03 Å². The minimum atomic E-state index is -0.403. The Labute approximate surface area is 150 Å². The lowest BCUT2D eigenvalue weighted by molar-refractivity contribution is 0.262. The molecule has 0 spiro atoms. The summed E-state index contributed by atoms with van der Waals surface area (Å²) in [6.07, 6.45) is 0. The van der Waals surface area contributed by atoms with Gasteiger partial charge < -0.3 is 24.6 Å². The average Bonchev–Trinajstić information content (AvgIpc) is 3.08. The van der Waals surface area contributed by atoms with Gasteiger partial charge in [0.05, 0.1) is 19.9 Å². The molecule has 3 rings (SSSR count). The third-order valence-electron chi connectivity index (χ3n) is 3.58. The number of anilines is 2. The van der Waals surface area contributed by atoms with Crippen LogP contribution in [0.3, 0.4) is 0 Å². The average molecular weight is 354 g/mol. The summed E-state index contributed by atoms with van der Waals surface area (Å²) >= 11 is 0. The summed E-state index contributed by atoms with van der Waals surface area (Å²) < 4.78 is 15.4. The van der Waals surface area contributed by atoms with E-state index in [1.54, 1.807) is 56.5 Å². The number of carbonyl (C=O) groups is 1. The summed E-state index contributed by atoms with van der Waals surface area (Å²) in [6, 6.07) is 11.8. The van der Waals surface area contributed by atoms with Crippen LogP contribution in [0.15, 0.2) is 47.0 Å². The number of hydrogen-bond acceptors (Lipinski definition) is 6. The third kappa shape index (κ3) is 3.92. The summed E-state index contributed by atoms with van der Waals surface area (Å²) in [6.45, 7) is 1.73. The topological polar surface area (TPSA) is 98.5 Å². The van der Waals surface area contributed by atoms with Gasteiger partial charge in [0, 0.05) is 24.2 Å². The Morgan fingerprint density at radius 1 is 1.04 bits per heavy atom. The number of urea groups is 1. The lowest BCUT2D eigenvalue weighted by Gasteiger charge is -2.12. The maximum absolute atomic E-state index is 12.2. The Balaban J connectivity index is 1.68. The van der Waals surface area contributed by atoms with Crippen LogP contribution in [-0.2, 0) is 0 Å². The molecule has 0 aliphatic rings. The van der Waals surface area contributed by atoms with Gasteiger partial charge in [0.1, 0.15) is 11.5 Å². The number of ether oxygens (including phenoxy) is 2. The molecule has 0 saturated heterocycles. The molecule has 3 aromatic rings. The lowest BCUT2D eigenvalue weighted by atomic mass is 10.2. The molecule has 8 heteroatoms. The van der Waals surface area contributed by atoms with Crippen LogP contribution in [0.1, 0.15) is 5.89 Å². The highest BCUT2D eigenvalue weighted by molar-refractivity contribution is 6.00. The van der Waals surface area contributed by atoms with E-state index < -0.39 is 6.03 Å². The molecule has 0 bridgehead atoms. The number of methoxy groups -OCH3 is 2. The van der Waals surface area contributed by atoms with Gasteiger partial charge in [-0.05, 0) is 36.4 Å². The first-order valence-corrected chi connectivity index (χ1v) is 7.80.